The summed E-state index contributed by atoms with van der Waals surface area (Å²) in [6.07, 6.45) is -0.421. The van der Waals surface area contributed by atoms with Crippen molar-refractivity contribution in [1.82, 2.24) is 5.32 Å². The minimum Gasteiger partial charge on any atom is -0.387 e. The van der Waals surface area contributed by atoms with Crippen molar-refractivity contribution in [2.75, 3.05) is 7.05 Å². The number of aliphatic hydroxyl groups excluding tert-OH is 1. The molecule has 0 aliphatic heterocycles. The molecule has 0 saturated heterocycles. The Hall–Kier alpha value is -0.340. The number of aliphatic hydroxyl groups is 1. The third kappa shape index (κ3) is 2.63. The summed E-state index contributed by atoms with van der Waals surface area (Å²) in [5, 5.41) is 12.2. The highest BCUT2D eigenvalue weighted by Crippen LogP contribution is 2.01. The lowest BCUT2D eigenvalue weighted by molar-refractivity contribution is 0.173. The van der Waals surface area contributed by atoms with Crippen LogP contribution in [0.3, 0.4) is 0 Å². The van der Waals surface area contributed by atoms with Crippen molar-refractivity contribution >= 4 is 0 Å². The monoisotopic (exact) mass is 129 g/mol. The highest BCUT2D eigenvalue weighted by Gasteiger charge is 2.10. The molecule has 0 saturated carbocycles. The molecule has 2 atom stereocenters. The summed E-state index contributed by atoms with van der Waals surface area (Å²) in [6.45, 7) is 7.37. The van der Waals surface area contributed by atoms with Gasteiger partial charge in [-0.05, 0) is 20.9 Å². The minimum atomic E-state index is -0.421. The van der Waals surface area contributed by atoms with Gasteiger partial charge in [-0.1, -0.05) is 12.2 Å². The first-order valence-electron chi connectivity index (χ1n) is 3.10. The SMILES string of the molecule is C=C(C)C(O)[C@H](C)NC. The Bertz CT molecular complexity index is 101. The molecule has 2 heteroatoms. The van der Waals surface area contributed by atoms with Gasteiger partial charge in [0.2, 0.25) is 0 Å². The highest BCUT2D eigenvalue weighted by molar-refractivity contribution is 5.00. The second-order valence-electron chi connectivity index (χ2n) is 2.37. The van der Waals surface area contributed by atoms with Gasteiger partial charge in [-0.3, -0.25) is 0 Å². The van der Waals surface area contributed by atoms with Gasteiger partial charge in [0.05, 0.1) is 6.10 Å². The summed E-state index contributed by atoms with van der Waals surface area (Å²) in [5.41, 5.74) is 0.803. The van der Waals surface area contributed by atoms with Crippen molar-refractivity contribution in [2.45, 2.75) is 26.0 Å². The van der Waals surface area contributed by atoms with Crippen LogP contribution in [-0.2, 0) is 0 Å². The third-order valence-electron chi connectivity index (χ3n) is 1.43. The summed E-state index contributed by atoms with van der Waals surface area (Å²) in [4.78, 5) is 0. The van der Waals surface area contributed by atoms with E-state index < -0.39 is 6.10 Å². The fourth-order valence-corrected chi connectivity index (χ4v) is 0.585. The van der Waals surface area contributed by atoms with Crippen LogP contribution in [0, 0.1) is 0 Å². The van der Waals surface area contributed by atoms with E-state index in [4.69, 9.17) is 0 Å². The van der Waals surface area contributed by atoms with Gasteiger partial charge in [0.1, 0.15) is 0 Å². The van der Waals surface area contributed by atoms with E-state index in [1.54, 1.807) is 0 Å². The Morgan fingerprint density at radius 3 is 2.22 bits per heavy atom. The van der Waals surface area contributed by atoms with Crippen molar-refractivity contribution in [3.05, 3.63) is 12.2 Å². The lowest BCUT2D eigenvalue weighted by Crippen LogP contribution is -2.35. The average Bonchev–Trinajstić information content (AvgIpc) is 1.84. The van der Waals surface area contributed by atoms with E-state index in [-0.39, 0.29) is 6.04 Å². The van der Waals surface area contributed by atoms with E-state index in [1.165, 1.54) is 0 Å². The first-order valence-corrected chi connectivity index (χ1v) is 3.10. The van der Waals surface area contributed by atoms with E-state index in [1.807, 2.05) is 20.9 Å². The van der Waals surface area contributed by atoms with Crippen LogP contribution < -0.4 is 5.32 Å². The maximum atomic E-state index is 9.23. The fourth-order valence-electron chi connectivity index (χ4n) is 0.585. The molecule has 0 rings (SSSR count). The van der Waals surface area contributed by atoms with Crippen LogP contribution in [0.2, 0.25) is 0 Å². The van der Waals surface area contributed by atoms with Crippen LogP contribution in [0.25, 0.3) is 0 Å². The summed E-state index contributed by atoms with van der Waals surface area (Å²) >= 11 is 0. The Kier molecular flexibility index (Phi) is 3.50. The molecule has 0 heterocycles. The maximum Gasteiger partial charge on any atom is 0.0894 e. The predicted octanol–water partition coefficient (Wildman–Crippen LogP) is 0.531. The second kappa shape index (κ2) is 3.64. The largest absolute Gasteiger partial charge is 0.387 e. The molecule has 2 N–H and O–H groups in total. The van der Waals surface area contributed by atoms with E-state index in [2.05, 4.69) is 11.9 Å². The van der Waals surface area contributed by atoms with Crippen LogP contribution in [0.15, 0.2) is 12.2 Å². The third-order valence-corrected chi connectivity index (χ3v) is 1.43. The fraction of sp³-hybridized carbons (Fsp3) is 0.714. The van der Waals surface area contributed by atoms with E-state index in [0.717, 1.165) is 5.57 Å². The second-order valence-corrected chi connectivity index (χ2v) is 2.37. The summed E-state index contributed by atoms with van der Waals surface area (Å²) in [6, 6.07) is 0.0995. The molecule has 0 aromatic carbocycles. The molecule has 0 aliphatic rings. The molecule has 0 aliphatic carbocycles. The van der Waals surface area contributed by atoms with Crippen LogP contribution in [0.4, 0.5) is 0 Å². The Morgan fingerprint density at radius 1 is 1.67 bits per heavy atom. The van der Waals surface area contributed by atoms with Crippen LogP contribution in [0.1, 0.15) is 13.8 Å². The van der Waals surface area contributed by atoms with Gasteiger partial charge in [0.25, 0.3) is 0 Å². The summed E-state index contributed by atoms with van der Waals surface area (Å²) in [5.74, 6) is 0. The number of hydrogen-bond donors (Lipinski definition) is 2. The van der Waals surface area contributed by atoms with Gasteiger partial charge < -0.3 is 10.4 Å². The zero-order valence-corrected chi connectivity index (χ0v) is 6.31. The molecule has 9 heavy (non-hydrogen) atoms. The number of nitrogens with one attached hydrogen (secondary N) is 1. The van der Waals surface area contributed by atoms with Gasteiger partial charge in [0.15, 0.2) is 0 Å². The van der Waals surface area contributed by atoms with Crippen LogP contribution in [-0.4, -0.2) is 24.3 Å². The van der Waals surface area contributed by atoms with Crippen molar-refractivity contribution < 1.29 is 5.11 Å². The molecule has 0 fully saturated rings. The van der Waals surface area contributed by atoms with Gasteiger partial charge in [0, 0.05) is 6.04 Å². The average molecular weight is 129 g/mol. The van der Waals surface area contributed by atoms with Crippen molar-refractivity contribution in [2.24, 2.45) is 0 Å². The maximum absolute atomic E-state index is 9.23. The normalized spacial score (nSPS) is 16.9. The lowest BCUT2D eigenvalue weighted by Gasteiger charge is -2.17. The molecule has 0 amide bonds. The Morgan fingerprint density at radius 2 is 2.11 bits per heavy atom. The molecular formula is C7H15NO. The zero-order chi connectivity index (χ0) is 7.44. The van der Waals surface area contributed by atoms with Crippen molar-refractivity contribution in [1.29, 1.82) is 0 Å². The van der Waals surface area contributed by atoms with Crippen molar-refractivity contribution in [3.63, 3.8) is 0 Å². The summed E-state index contributed by atoms with van der Waals surface area (Å²) < 4.78 is 0. The summed E-state index contributed by atoms with van der Waals surface area (Å²) in [7, 11) is 1.82. The van der Waals surface area contributed by atoms with Gasteiger partial charge >= 0.3 is 0 Å². The number of likely N-dealkylation sites (N-methyl/N-ethyl adjacent to an activating group) is 1. The van der Waals surface area contributed by atoms with Crippen molar-refractivity contribution in [3.8, 4) is 0 Å². The van der Waals surface area contributed by atoms with Gasteiger partial charge in [-0.15, -0.1) is 0 Å². The van der Waals surface area contributed by atoms with E-state index in [9.17, 15) is 5.11 Å². The first kappa shape index (κ1) is 8.66. The standard InChI is InChI=1S/C7H15NO/c1-5(2)7(9)6(3)8-4/h6-9H,1H2,2-4H3/t6-,7?/m0/s1. The molecule has 0 aromatic heterocycles. The molecule has 0 radical (unpaired) electrons. The molecule has 2 nitrogen and oxygen atoms in total. The Labute approximate surface area is 56.6 Å². The van der Waals surface area contributed by atoms with Crippen LogP contribution >= 0.6 is 0 Å². The minimum absolute atomic E-state index is 0.0995. The molecular weight excluding hydrogens is 114 g/mol. The zero-order valence-electron chi connectivity index (χ0n) is 6.31. The molecule has 0 aromatic rings. The number of hydrogen-bond acceptors (Lipinski definition) is 2. The highest BCUT2D eigenvalue weighted by atomic mass is 16.3. The molecule has 54 valence electrons. The van der Waals surface area contributed by atoms with Crippen LogP contribution in [0.5, 0.6) is 0 Å². The number of rotatable bonds is 3. The van der Waals surface area contributed by atoms with Gasteiger partial charge in [-0.25, -0.2) is 0 Å². The van der Waals surface area contributed by atoms with E-state index in [0.29, 0.717) is 0 Å². The first-order chi connectivity index (χ1) is 4.09. The van der Waals surface area contributed by atoms with E-state index >= 15 is 0 Å². The quantitative estimate of drug-likeness (QED) is 0.545. The smallest absolute Gasteiger partial charge is 0.0894 e. The Balaban J connectivity index is 3.72. The van der Waals surface area contributed by atoms with Gasteiger partial charge in [-0.2, -0.15) is 0 Å². The predicted molar refractivity (Wildman–Crippen MR) is 39.3 cm³/mol. The molecule has 1 unspecified atom stereocenters. The topological polar surface area (TPSA) is 32.3 Å². The lowest BCUT2D eigenvalue weighted by atomic mass is 10.1. The molecule has 0 bridgehead atoms. The molecule has 0 spiro atoms.